The fourth-order valence-corrected chi connectivity index (χ4v) is 5.84. The largest absolute Gasteiger partial charge is 0.393 e. The van der Waals surface area contributed by atoms with Crippen LogP contribution in [0.1, 0.15) is 115 Å². The molecule has 0 aromatic carbocycles. The molecule has 1 nitrogen and oxygen atoms in total. The van der Waals surface area contributed by atoms with Crippen molar-refractivity contribution in [3.05, 3.63) is 118 Å². The molecule has 2 aliphatic carbocycles. The lowest BCUT2D eigenvalue weighted by Crippen LogP contribution is -2.28. The van der Waals surface area contributed by atoms with Gasteiger partial charge in [0.05, 0.1) is 6.10 Å². The van der Waals surface area contributed by atoms with Gasteiger partial charge in [-0.3, -0.25) is 0 Å². The van der Waals surface area contributed by atoms with Crippen molar-refractivity contribution < 1.29 is 5.11 Å². The van der Waals surface area contributed by atoms with Crippen molar-refractivity contribution >= 4 is 0 Å². The van der Waals surface area contributed by atoms with Gasteiger partial charge >= 0.3 is 0 Å². The first kappa shape index (κ1) is 36.4. The van der Waals surface area contributed by atoms with E-state index < -0.39 is 0 Å². The van der Waals surface area contributed by atoms with Crippen molar-refractivity contribution in [2.24, 2.45) is 10.8 Å². The van der Waals surface area contributed by atoms with Crippen LogP contribution in [0.2, 0.25) is 0 Å². The Bertz CT molecular complexity index is 1150. The Morgan fingerprint density at radius 2 is 1.34 bits per heavy atom. The Morgan fingerprint density at radius 3 is 1.90 bits per heavy atom. The maximum atomic E-state index is 9.70. The highest BCUT2D eigenvalue weighted by Crippen LogP contribution is 2.41. The molecule has 0 aliphatic heterocycles. The SMILES string of the molecule is C/C=C/C(C)=C/C=C/C=C(C)/C=C/C=C(C)/C=C/C1=C(C)CCCC1(C)C.CC/C=C/C1=C(C)C[C@H](O)CC1(C)C. The summed E-state index contributed by atoms with van der Waals surface area (Å²) in [6, 6.07) is 0. The molecule has 0 amide bonds. The van der Waals surface area contributed by atoms with Gasteiger partial charge in [0, 0.05) is 0 Å². The van der Waals surface area contributed by atoms with Gasteiger partial charge in [-0.2, -0.15) is 0 Å². The summed E-state index contributed by atoms with van der Waals surface area (Å²) in [6.07, 6.45) is 34.6. The van der Waals surface area contributed by atoms with E-state index in [1.54, 1.807) is 5.57 Å². The number of allylic oxidation sites excluding steroid dienone is 19. The van der Waals surface area contributed by atoms with Gasteiger partial charge in [0.25, 0.3) is 0 Å². The summed E-state index contributed by atoms with van der Waals surface area (Å²) in [6.45, 7) is 24.2. The molecule has 2 aliphatic rings. The van der Waals surface area contributed by atoms with Gasteiger partial charge in [-0.1, -0.05) is 141 Å². The normalized spacial score (nSPS) is 22.6. The van der Waals surface area contributed by atoms with E-state index in [1.807, 2.05) is 6.92 Å². The van der Waals surface area contributed by atoms with Crippen LogP contribution in [0.15, 0.2) is 118 Å². The van der Waals surface area contributed by atoms with Crippen molar-refractivity contribution in [2.75, 3.05) is 0 Å². The van der Waals surface area contributed by atoms with Gasteiger partial charge in [-0.05, 0) is 102 Å². The predicted molar refractivity (Wildman–Crippen MR) is 185 cm³/mol. The topological polar surface area (TPSA) is 20.2 Å². The third-order valence-corrected chi connectivity index (χ3v) is 8.03. The van der Waals surface area contributed by atoms with Gasteiger partial charge < -0.3 is 5.11 Å². The van der Waals surface area contributed by atoms with Crippen LogP contribution < -0.4 is 0 Å². The molecular formula is C40H60O. The van der Waals surface area contributed by atoms with Crippen molar-refractivity contribution in [1.29, 1.82) is 0 Å². The van der Waals surface area contributed by atoms with Crippen LogP contribution in [0, 0.1) is 10.8 Å². The molecule has 0 saturated carbocycles. The van der Waals surface area contributed by atoms with Crippen LogP contribution in [-0.2, 0) is 0 Å². The molecule has 1 heteroatoms. The maximum Gasteiger partial charge on any atom is 0.0585 e. The molecule has 0 saturated heterocycles. The Kier molecular flexibility index (Phi) is 16.0. The summed E-state index contributed by atoms with van der Waals surface area (Å²) in [5, 5.41) is 9.70. The number of aliphatic hydroxyl groups excluding tert-OH is 1. The van der Waals surface area contributed by atoms with E-state index in [-0.39, 0.29) is 11.5 Å². The Hall–Kier alpha value is -2.64. The average molecular weight is 557 g/mol. The first-order valence-corrected chi connectivity index (χ1v) is 15.7. The van der Waals surface area contributed by atoms with E-state index >= 15 is 0 Å². The van der Waals surface area contributed by atoms with Crippen molar-refractivity contribution in [3.63, 3.8) is 0 Å². The lowest BCUT2D eigenvalue weighted by molar-refractivity contribution is 0.116. The molecule has 0 fully saturated rings. The highest BCUT2D eigenvalue weighted by atomic mass is 16.3. The van der Waals surface area contributed by atoms with Gasteiger partial charge in [0.15, 0.2) is 0 Å². The molecule has 0 unspecified atom stereocenters. The smallest absolute Gasteiger partial charge is 0.0585 e. The Labute approximate surface area is 254 Å². The van der Waals surface area contributed by atoms with E-state index in [0.29, 0.717) is 5.41 Å². The Morgan fingerprint density at radius 1 is 0.780 bits per heavy atom. The Balaban J connectivity index is 0.000000502. The van der Waals surface area contributed by atoms with Crippen LogP contribution in [0.25, 0.3) is 0 Å². The molecule has 0 heterocycles. The summed E-state index contributed by atoms with van der Waals surface area (Å²) in [5.41, 5.74) is 10.1. The van der Waals surface area contributed by atoms with Crippen molar-refractivity contribution in [3.8, 4) is 0 Å². The average Bonchev–Trinajstić information content (AvgIpc) is 2.85. The van der Waals surface area contributed by atoms with Crippen LogP contribution in [0.4, 0.5) is 0 Å². The second-order valence-electron chi connectivity index (χ2n) is 13.2. The fourth-order valence-electron chi connectivity index (χ4n) is 5.84. The van der Waals surface area contributed by atoms with Gasteiger partial charge in [0.1, 0.15) is 0 Å². The minimum absolute atomic E-state index is 0.132. The minimum Gasteiger partial charge on any atom is -0.393 e. The zero-order chi connectivity index (χ0) is 31.1. The molecule has 226 valence electrons. The highest BCUT2D eigenvalue weighted by molar-refractivity contribution is 5.37. The summed E-state index contributed by atoms with van der Waals surface area (Å²) in [4.78, 5) is 0. The van der Waals surface area contributed by atoms with E-state index in [1.165, 1.54) is 52.7 Å². The van der Waals surface area contributed by atoms with E-state index in [0.717, 1.165) is 19.3 Å². The highest BCUT2D eigenvalue weighted by Gasteiger charge is 2.31. The maximum absolute atomic E-state index is 9.70. The minimum atomic E-state index is -0.149. The van der Waals surface area contributed by atoms with Crippen LogP contribution in [-0.4, -0.2) is 11.2 Å². The number of rotatable bonds is 9. The lowest BCUT2D eigenvalue weighted by atomic mass is 9.71. The first-order valence-electron chi connectivity index (χ1n) is 15.7. The molecule has 41 heavy (non-hydrogen) atoms. The number of hydrogen-bond donors (Lipinski definition) is 1. The summed E-state index contributed by atoms with van der Waals surface area (Å²) in [5.74, 6) is 0. The van der Waals surface area contributed by atoms with Crippen molar-refractivity contribution in [1.82, 2.24) is 0 Å². The van der Waals surface area contributed by atoms with Crippen LogP contribution >= 0.6 is 0 Å². The predicted octanol–water partition coefficient (Wildman–Crippen LogP) is 12.0. The zero-order valence-corrected chi connectivity index (χ0v) is 28.3. The number of aliphatic hydroxyl groups is 1. The molecule has 0 aromatic heterocycles. The third kappa shape index (κ3) is 13.7. The first-order chi connectivity index (χ1) is 19.2. The van der Waals surface area contributed by atoms with E-state index in [9.17, 15) is 5.11 Å². The van der Waals surface area contributed by atoms with Crippen molar-refractivity contribution in [2.45, 2.75) is 121 Å². The monoisotopic (exact) mass is 556 g/mol. The molecule has 1 atom stereocenters. The third-order valence-electron chi connectivity index (χ3n) is 8.03. The molecule has 0 spiro atoms. The van der Waals surface area contributed by atoms with Gasteiger partial charge in [-0.25, -0.2) is 0 Å². The lowest BCUT2D eigenvalue weighted by Gasteiger charge is -2.35. The van der Waals surface area contributed by atoms with E-state index in [4.69, 9.17) is 0 Å². The van der Waals surface area contributed by atoms with Gasteiger partial charge in [0.2, 0.25) is 0 Å². The zero-order valence-electron chi connectivity index (χ0n) is 28.3. The molecule has 1 N–H and O–H groups in total. The van der Waals surface area contributed by atoms with Crippen LogP contribution in [0.3, 0.4) is 0 Å². The molecule has 0 aromatic rings. The molecule has 0 bridgehead atoms. The summed E-state index contributed by atoms with van der Waals surface area (Å²) >= 11 is 0. The molecule has 2 rings (SSSR count). The molecule has 0 radical (unpaired) electrons. The molecular weight excluding hydrogens is 496 g/mol. The fraction of sp³-hybridized carbons (Fsp3) is 0.500. The standard InChI is InChI=1S/C27H38.C13H22O/c1-8-13-22(2)14-9-10-15-23(3)16-11-17-24(4)19-20-26-25(5)18-12-21-27(26,6)7;1-5-6-7-12-10(2)8-11(14)9-13(12,3)4/h8-11,13-17,19-20H,12,18,21H2,1-7H3;6-7,11,14H,5,8-9H2,1-4H3/b10-9+,13-8+,16-11+,20-19+,22-14+,23-15+,24-17+;7-6+/t;11-/m.0/s1. The van der Waals surface area contributed by atoms with Gasteiger partial charge in [-0.15, -0.1) is 0 Å². The summed E-state index contributed by atoms with van der Waals surface area (Å²) < 4.78 is 0. The quantitative estimate of drug-likeness (QED) is 0.280. The van der Waals surface area contributed by atoms with E-state index in [2.05, 4.69) is 148 Å². The second-order valence-corrected chi connectivity index (χ2v) is 13.2. The number of hydrogen-bond acceptors (Lipinski definition) is 1. The van der Waals surface area contributed by atoms with Crippen LogP contribution in [0.5, 0.6) is 0 Å². The second kappa shape index (κ2) is 18.0. The summed E-state index contributed by atoms with van der Waals surface area (Å²) in [7, 11) is 0.